The average molecular weight is 347 g/mol. The van der Waals surface area contributed by atoms with E-state index >= 15 is 0 Å². The number of esters is 1. The number of aromatic hydroxyl groups is 1. The zero-order valence-corrected chi connectivity index (χ0v) is 14.2. The van der Waals surface area contributed by atoms with Gasteiger partial charge in [0.15, 0.2) is 0 Å². The predicted molar refractivity (Wildman–Crippen MR) is 95.3 cm³/mol. The van der Waals surface area contributed by atoms with Gasteiger partial charge in [0.2, 0.25) is 0 Å². The molecule has 0 aromatic heterocycles. The Labute approximate surface area is 146 Å². The van der Waals surface area contributed by atoms with Crippen molar-refractivity contribution in [3.8, 4) is 5.75 Å². The molecule has 1 N–H and O–H groups in total. The van der Waals surface area contributed by atoms with Crippen LogP contribution in [0, 0.1) is 0 Å². The molecule has 1 heterocycles. The lowest BCUT2D eigenvalue weighted by atomic mass is 10.1. The van der Waals surface area contributed by atoms with Gasteiger partial charge in [-0.05, 0) is 36.4 Å². The fourth-order valence-electron chi connectivity index (χ4n) is 2.88. The average Bonchev–Trinajstić information content (AvgIpc) is 2.61. The van der Waals surface area contributed by atoms with Crippen molar-refractivity contribution in [2.45, 2.75) is 0 Å². The van der Waals surface area contributed by atoms with Crippen molar-refractivity contribution in [3.05, 3.63) is 53.1 Å². The number of piperazine rings is 1. The summed E-state index contributed by atoms with van der Waals surface area (Å²) in [6.07, 6.45) is 0. The van der Waals surface area contributed by atoms with E-state index in [-0.39, 0.29) is 11.7 Å². The number of phenols is 1. The van der Waals surface area contributed by atoms with E-state index in [0.29, 0.717) is 10.6 Å². The standard InChI is InChI=1S/C18H19ClN2O3/c1-24-18(23)13-2-4-14(5-3-13)20-8-10-21(11-9-20)17-7-6-15(22)12-16(17)19/h2-7,12,22H,8-11H2,1H3. The summed E-state index contributed by atoms with van der Waals surface area (Å²) in [6.45, 7) is 3.38. The lowest BCUT2D eigenvalue weighted by Crippen LogP contribution is -2.46. The minimum atomic E-state index is -0.326. The van der Waals surface area contributed by atoms with Gasteiger partial charge in [-0.15, -0.1) is 0 Å². The first kappa shape index (κ1) is 16.5. The summed E-state index contributed by atoms with van der Waals surface area (Å²) in [7, 11) is 1.38. The highest BCUT2D eigenvalue weighted by Crippen LogP contribution is 2.30. The summed E-state index contributed by atoms with van der Waals surface area (Å²) in [5.41, 5.74) is 2.57. The molecule has 0 saturated carbocycles. The largest absolute Gasteiger partial charge is 0.508 e. The second-order valence-corrected chi connectivity index (χ2v) is 6.06. The molecule has 0 atom stereocenters. The molecule has 0 aliphatic carbocycles. The molecule has 1 saturated heterocycles. The van der Waals surface area contributed by atoms with Crippen LogP contribution in [0.4, 0.5) is 11.4 Å². The van der Waals surface area contributed by atoms with E-state index in [9.17, 15) is 9.90 Å². The maximum absolute atomic E-state index is 11.5. The molecule has 126 valence electrons. The van der Waals surface area contributed by atoms with Crippen LogP contribution in [0.5, 0.6) is 5.75 Å². The zero-order chi connectivity index (χ0) is 17.1. The Morgan fingerprint density at radius 2 is 1.67 bits per heavy atom. The third kappa shape index (κ3) is 3.41. The summed E-state index contributed by atoms with van der Waals surface area (Å²) in [4.78, 5) is 16.0. The highest BCUT2D eigenvalue weighted by Gasteiger charge is 2.19. The van der Waals surface area contributed by atoms with Crippen molar-refractivity contribution in [1.29, 1.82) is 0 Å². The van der Waals surface area contributed by atoms with E-state index in [1.54, 1.807) is 24.3 Å². The third-order valence-corrected chi connectivity index (χ3v) is 4.51. The van der Waals surface area contributed by atoms with Crippen LogP contribution in [0.3, 0.4) is 0 Å². The smallest absolute Gasteiger partial charge is 0.337 e. The maximum atomic E-state index is 11.5. The number of nitrogens with zero attached hydrogens (tertiary/aromatic N) is 2. The van der Waals surface area contributed by atoms with Crippen LogP contribution in [0.2, 0.25) is 5.02 Å². The van der Waals surface area contributed by atoms with Gasteiger partial charge < -0.3 is 19.6 Å². The van der Waals surface area contributed by atoms with E-state index < -0.39 is 0 Å². The first-order valence-electron chi connectivity index (χ1n) is 7.75. The van der Waals surface area contributed by atoms with Crippen LogP contribution in [-0.4, -0.2) is 44.4 Å². The molecule has 0 radical (unpaired) electrons. The Kier molecular flexibility index (Phi) is 4.81. The Bertz CT molecular complexity index is 726. The molecule has 1 aliphatic rings. The molecule has 0 unspecified atom stereocenters. The molecule has 0 amide bonds. The van der Waals surface area contributed by atoms with Crippen molar-refractivity contribution in [3.63, 3.8) is 0 Å². The van der Waals surface area contributed by atoms with Crippen molar-refractivity contribution < 1.29 is 14.6 Å². The van der Waals surface area contributed by atoms with Gasteiger partial charge in [-0.25, -0.2) is 4.79 Å². The number of ether oxygens (including phenoxy) is 1. The molecule has 24 heavy (non-hydrogen) atoms. The lowest BCUT2D eigenvalue weighted by Gasteiger charge is -2.37. The number of carbonyl (C=O) groups excluding carboxylic acids is 1. The molecular weight excluding hydrogens is 328 g/mol. The molecular formula is C18H19ClN2O3. The molecule has 6 heteroatoms. The van der Waals surface area contributed by atoms with Gasteiger partial charge in [0.05, 0.1) is 23.4 Å². The van der Waals surface area contributed by atoms with Crippen LogP contribution >= 0.6 is 11.6 Å². The second-order valence-electron chi connectivity index (χ2n) is 5.65. The van der Waals surface area contributed by atoms with Crippen LogP contribution in [0.15, 0.2) is 42.5 Å². The number of phenolic OH excluding ortho intramolecular Hbond substituents is 1. The van der Waals surface area contributed by atoms with E-state index in [4.69, 9.17) is 16.3 Å². The van der Waals surface area contributed by atoms with Gasteiger partial charge in [-0.1, -0.05) is 11.6 Å². The molecule has 0 spiro atoms. The summed E-state index contributed by atoms with van der Waals surface area (Å²) in [5.74, 6) is -0.151. The van der Waals surface area contributed by atoms with Crippen LogP contribution in [-0.2, 0) is 4.74 Å². The van der Waals surface area contributed by atoms with E-state index in [1.807, 2.05) is 18.2 Å². The van der Waals surface area contributed by atoms with Crippen LogP contribution in [0.25, 0.3) is 0 Å². The Morgan fingerprint density at radius 1 is 1.04 bits per heavy atom. The minimum Gasteiger partial charge on any atom is -0.508 e. The van der Waals surface area contributed by atoms with Crippen molar-refractivity contribution in [2.24, 2.45) is 0 Å². The maximum Gasteiger partial charge on any atom is 0.337 e. The quantitative estimate of drug-likeness (QED) is 0.865. The third-order valence-electron chi connectivity index (χ3n) is 4.21. The van der Waals surface area contributed by atoms with Crippen LogP contribution in [0.1, 0.15) is 10.4 Å². The molecule has 3 rings (SSSR count). The van der Waals surface area contributed by atoms with Crippen molar-refractivity contribution in [1.82, 2.24) is 0 Å². The minimum absolute atomic E-state index is 0.174. The van der Waals surface area contributed by atoms with E-state index in [2.05, 4.69) is 9.80 Å². The molecule has 2 aromatic rings. The van der Waals surface area contributed by atoms with Gasteiger partial charge in [0, 0.05) is 37.9 Å². The Hall–Kier alpha value is -2.40. The van der Waals surface area contributed by atoms with E-state index in [0.717, 1.165) is 37.6 Å². The number of anilines is 2. The summed E-state index contributed by atoms with van der Waals surface area (Å²) in [5, 5.41) is 10.0. The van der Waals surface area contributed by atoms with Crippen LogP contribution < -0.4 is 9.80 Å². The predicted octanol–water partition coefficient (Wildman–Crippen LogP) is 3.16. The summed E-state index contributed by atoms with van der Waals surface area (Å²) < 4.78 is 4.71. The van der Waals surface area contributed by atoms with Crippen molar-refractivity contribution >= 4 is 28.9 Å². The fraction of sp³-hybridized carbons (Fsp3) is 0.278. The second kappa shape index (κ2) is 7.01. The number of rotatable bonds is 3. The topological polar surface area (TPSA) is 53.0 Å². The summed E-state index contributed by atoms with van der Waals surface area (Å²) in [6, 6.07) is 12.5. The highest BCUT2D eigenvalue weighted by molar-refractivity contribution is 6.33. The number of hydrogen-bond acceptors (Lipinski definition) is 5. The SMILES string of the molecule is COC(=O)c1ccc(N2CCN(c3ccc(O)cc3Cl)CC2)cc1. The zero-order valence-electron chi connectivity index (χ0n) is 13.4. The van der Waals surface area contributed by atoms with Gasteiger partial charge in [-0.3, -0.25) is 0 Å². The normalized spacial score (nSPS) is 14.6. The van der Waals surface area contributed by atoms with Gasteiger partial charge in [-0.2, -0.15) is 0 Å². The number of benzene rings is 2. The number of methoxy groups -OCH3 is 1. The monoisotopic (exact) mass is 346 g/mol. The van der Waals surface area contributed by atoms with Gasteiger partial charge >= 0.3 is 5.97 Å². The summed E-state index contributed by atoms with van der Waals surface area (Å²) >= 11 is 6.22. The molecule has 2 aromatic carbocycles. The molecule has 1 aliphatic heterocycles. The fourth-order valence-corrected chi connectivity index (χ4v) is 3.18. The van der Waals surface area contributed by atoms with Gasteiger partial charge in [0.25, 0.3) is 0 Å². The Balaban J connectivity index is 1.65. The molecule has 1 fully saturated rings. The molecule has 0 bridgehead atoms. The van der Waals surface area contributed by atoms with E-state index in [1.165, 1.54) is 7.11 Å². The first-order valence-corrected chi connectivity index (χ1v) is 8.13. The number of carbonyl (C=O) groups is 1. The Morgan fingerprint density at radius 3 is 2.25 bits per heavy atom. The number of halogens is 1. The lowest BCUT2D eigenvalue weighted by molar-refractivity contribution is 0.0601. The first-order chi connectivity index (χ1) is 11.6. The van der Waals surface area contributed by atoms with Crippen molar-refractivity contribution in [2.75, 3.05) is 43.1 Å². The van der Waals surface area contributed by atoms with Gasteiger partial charge in [0.1, 0.15) is 5.75 Å². The number of hydrogen-bond donors (Lipinski definition) is 1. The highest BCUT2D eigenvalue weighted by atomic mass is 35.5. The molecule has 5 nitrogen and oxygen atoms in total.